The number of thiazole rings is 1. The molecule has 0 spiro atoms. The highest BCUT2D eigenvalue weighted by atomic mass is 32.1. The number of fused-ring (bicyclic) bond motifs is 2. The van der Waals surface area contributed by atoms with E-state index in [2.05, 4.69) is 21.0 Å². The van der Waals surface area contributed by atoms with Gasteiger partial charge >= 0.3 is 6.09 Å². The molecule has 0 saturated carbocycles. The van der Waals surface area contributed by atoms with E-state index in [0.717, 1.165) is 42.9 Å². The number of benzene rings is 2. The Morgan fingerprint density at radius 2 is 1.89 bits per heavy atom. The molecule has 1 N–H and O–H groups in total. The second kappa shape index (κ2) is 9.74. The molecule has 3 aromatic heterocycles. The number of carboxylic acid groups (broad SMARTS) is 1. The highest BCUT2D eigenvalue weighted by Gasteiger charge is 2.17. The fraction of sp³-hybridized carbons (Fsp3) is 0.192. The average Bonchev–Trinajstić information content (AvgIpc) is 3.30. The standard InChI is InChI=1S/C26H23N5O4S/c1-15-10-19(24-20(11-15)29-22(34-3)14-28-24)25-30-23-16(2)12-18(13-21(23)36-25)35-9-8-31(26(32)33)17-4-6-27-7-5-17/h4-7,10-14H,8-9H2,1-3H3,(H,32,33). The minimum atomic E-state index is -1.05. The van der Waals surface area contributed by atoms with Crippen LogP contribution in [-0.4, -0.2) is 51.4 Å². The number of nitrogens with zero attached hydrogens (tertiary/aromatic N) is 5. The lowest BCUT2D eigenvalue weighted by atomic mass is 10.1. The van der Waals surface area contributed by atoms with Gasteiger partial charge in [-0.05, 0) is 61.4 Å². The van der Waals surface area contributed by atoms with Gasteiger partial charge in [-0.2, -0.15) is 0 Å². The fourth-order valence-electron chi connectivity index (χ4n) is 3.99. The highest BCUT2D eigenvalue weighted by Crippen LogP contribution is 2.37. The molecular weight excluding hydrogens is 478 g/mol. The Bertz CT molecular complexity index is 1570. The van der Waals surface area contributed by atoms with E-state index in [0.29, 0.717) is 17.3 Å². The molecule has 0 radical (unpaired) electrons. The molecule has 3 heterocycles. The molecule has 2 aromatic carbocycles. The van der Waals surface area contributed by atoms with Gasteiger partial charge in [0.1, 0.15) is 17.4 Å². The molecule has 0 saturated heterocycles. The van der Waals surface area contributed by atoms with Crippen LogP contribution in [0.1, 0.15) is 11.1 Å². The van der Waals surface area contributed by atoms with Crippen LogP contribution in [-0.2, 0) is 0 Å². The van der Waals surface area contributed by atoms with Crippen molar-refractivity contribution in [1.29, 1.82) is 0 Å². The van der Waals surface area contributed by atoms with Crippen molar-refractivity contribution in [2.45, 2.75) is 13.8 Å². The minimum absolute atomic E-state index is 0.182. The van der Waals surface area contributed by atoms with Gasteiger partial charge in [0.2, 0.25) is 5.88 Å². The second-order valence-corrected chi connectivity index (χ2v) is 9.22. The molecule has 0 aliphatic heterocycles. The number of amides is 1. The van der Waals surface area contributed by atoms with E-state index in [1.54, 1.807) is 49.2 Å². The number of pyridine rings is 1. The first-order valence-electron chi connectivity index (χ1n) is 11.2. The van der Waals surface area contributed by atoms with Crippen molar-refractivity contribution in [3.8, 4) is 22.2 Å². The quantitative estimate of drug-likeness (QED) is 0.312. The maximum absolute atomic E-state index is 11.7. The second-order valence-electron chi connectivity index (χ2n) is 8.19. The third-order valence-electron chi connectivity index (χ3n) is 5.66. The lowest BCUT2D eigenvalue weighted by Crippen LogP contribution is -2.33. The average molecular weight is 502 g/mol. The van der Waals surface area contributed by atoms with Gasteiger partial charge in [-0.15, -0.1) is 11.3 Å². The Morgan fingerprint density at radius 3 is 2.64 bits per heavy atom. The summed E-state index contributed by atoms with van der Waals surface area (Å²) in [5.74, 6) is 1.13. The van der Waals surface area contributed by atoms with Gasteiger partial charge in [-0.3, -0.25) is 9.88 Å². The van der Waals surface area contributed by atoms with Crippen molar-refractivity contribution in [2.24, 2.45) is 0 Å². The molecule has 0 aliphatic carbocycles. The van der Waals surface area contributed by atoms with Crippen molar-refractivity contribution >= 4 is 44.4 Å². The Labute approximate surface area is 211 Å². The van der Waals surface area contributed by atoms with Crippen LogP contribution in [0.15, 0.2) is 55.0 Å². The number of ether oxygens (including phenoxy) is 2. The summed E-state index contributed by atoms with van der Waals surface area (Å²) < 4.78 is 12.2. The largest absolute Gasteiger partial charge is 0.492 e. The molecule has 1 amide bonds. The van der Waals surface area contributed by atoms with Crippen molar-refractivity contribution in [3.63, 3.8) is 0 Å². The maximum Gasteiger partial charge on any atom is 0.411 e. The SMILES string of the molecule is COc1cnc2c(-c3nc4c(C)cc(OCCN(C(=O)O)c5ccncc5)cc4s3)cc(C)cc2n1. The van der Waals surface area contributed by atoms with Crippen molar-refractivity contribution < 1.29 is 19.4 Å². The van der Waals surface area contributed by atoms with Crippen LogP contribution in [0.25, 0.3) is 31.8 Å². The van der Waals surface area contributed by atoms with Crippen LogP contribution in [0.2, 0.25) is 0 Å². The van der Waals surface area contributed by atoms with Gasteiger partial charge < -0.3 is 14.6 Å². The molecule has 0 unspecified atom stereocenters. The van der Waals surface area contributed by atoms with Crippen LogP contribution in [0, 0.1) is 13.8 Å². The lowest BCUT2D eigenvalue weighted by molar-refractivity contribution is 0.199. The molecule has 0 atom stereocenters. The number of hydrogen-bond donors (Lipinski definition) is 1. The van der Waals surface area contributed by atoms with Crippen molar-refractivity contribution in [1.82, 2.24) is 19.9 Å². The summed E-state index contributed by atoms with van der Waals surface area (Å²) in [4.78, 5) is 30.9. The summed E-state index contributed by atoms with van der Waals surface area (Å²) in [5, 5.41) is 10.4. The van der Waals surface area contributed by atoms with Crippen molar-refractivity contribution in [2.75, 3.05) is 25.2 Å². The Kier molecular flexibility index (Phi) is 6.34. The number of methoxy groups -OCH3 is 1. The van der Waals surface area contributed by atoms with E-state index in [1.165, 1.54) is 4.90 Å². The topological polar surface area (TPSA) is 111 Å². The number of hydrogen-bond acceptors (Lipinski definition) is 8. The van der Waals surface area contributed by atoms with E-state index in [1.807, 2.05) is 32.0 Å². The van der Waals surface area contributed by atoms with Gasteiger partial charge in [0.15, 0.2) is 0 Å². The predicted octanol–water partition coefficient (Wildman–Crippen LogP) is 5.49. The zero-order valence-corrected chi connectivity index (χ0v) is 20.7. The summed E-state index contributed by atoms with van der Waals surface area (Å²) >= 11 is 1.55. The van der Waals surface area contributed by atoms with Gasteiger partial charge in [0, 0.05) is 18.0 Å². The summed E-state index contributed by atoms with van der Waals surface area (Å²) in [6, 6.07) is 11.2. The molecule has 182 valence electrons. The maximum atomic E-state index is 11.7. The molecule has 5 aromatic rings. The molecule has 10 heteroatoms. The molecule has 0 aliphatic rings. The number of carbonyl (C=O) groups is 1. The van der Waals surface area contributed by atoms with Crippen LogP contribution in [0.5, 0.6) is 11.6 Å². The van der Waals surface area contributed by atoms with Crippen LogP contribution in [0.3, 0.4) is 0 Å². The zero-order valence-electron chi connectivity index (χ0n) is 19.9. The first-order chi connectivity index (χ1) is 17.4. The number of aryl methyl sites for hydroxylation is 2. The van der Waals surface area contributed by atoms with E-state index in [-0.39, 0.29) is 13.2 Å². The Hall–Kier alpha value is -4.31. The van der Waals surface area contributed by atoms with Gasteiger partial charge in [-0.1, -0.05) is 0 Å². The monoisotopic (exact) mass is 501 g/mol. The molecule has 0 fully saturated rings. The zero-order chi connectivity index (χ0) is 25.2. The summed E-state index contributed by atoms with van der Waals surface area (Å²) in [6.07, 6.45) is 3.68. The molecule has 36 heavy (non-hydrogen) atoms. The third-order valence-corrected chi connectivity index (χ3v) is 6.69. The van der Waals surface area contributed by atoms with Crippen LogP contribution < -0.4 is 14.4 Å². The highest BCUT2D eigenvalue weighted by molar-refractivity contribution is 7.21. The van der Waals surface area contributed by atoms with Crippen LogP contribution >= 0.6 is 11.3 Å². The van der Waals surface area contributed by atoms with Gasteiger partial charge in [0.05, 0.1) is 46.8 Å². The Morgan fingerprint density at radius 1 is 1.08 bits per heavy atom. The molecule has 9 nitrogen and oxygen atoms in total. The van der Waals surface area contributed by atoms with Crippen molar-refractivity contribution in [3.05, 3.63) is 66.1 Å². The smallest absolute Gasteiger partial charge is 0.411 e. The van der Waals surface area contributed by atoms with E-state index in [4.69, 9.17) is 14.5 Å². The van der Waals surface area contributed by atoms with E-state index >= 15 is 0 Å². The summed E-state index contributed by atoms with van der Waals surface area (Å²) in [7, 11) is 1.57. The molecule has 0 bridgehead atoms. The van der Waals surface area contributed by atoms with Gasteiger partial charge in [0.25, 0.3) is 0 Å². The van der Waals surface area contributed by atoms with Gasteiger partial charge in [-0.25, -0.2) is 19.7 Å². The number of aromatic nitrogens is 4. The Balaban J connectivity index is 1.42. The summed E-state index contributed by atoms with van der Waals surface area (Å²) in [5.41, 5.74) is 5.89. The first kappa shape index (κ1) is 23.4. The molecular formula is C26H23N5O4S. The predicted molar refractivity (Wildman–Crippen MR) is 139 cm³/mol. The molecule has 5 rings (SSSR count). The normalized spacial score (nSPS) is 11.1. The third kappa shape index (κ3) is 4.63. The lowest BCUT2D eigenvalue weighted by Gasteiger charge is -2.19. The number of anilines is 1. The minimum Gasteiger partial charge on any atom is -0.492 e. The fourth-order valence-corrected chi connectivity index (χ4v) is 5.08. The first-order valence-corrected chi connectivity index (χ1v) is 12.0. The number of rotatable bonds is 7. The van der Waals surface area contributed by atoms with Crippen LogP contribution in [0.4, 0.5) is 10.5 Å². The summed E-state index contributed by atoms with van der Waals surface area (Å²) in [6.45, 7) is 4.38. The van der Waals surface area contributed by atoms with E-state index < -0.39 is 6.09 Å². The van der Waals surface area contributed by atoms with E-state index in [9.17, 15) is 9.90 Å².